The second-order valence-electron chi connectivity index (χ2n) is 6.52. The van der Waals surface area contributed by atoms with Crippen LogP contribution < -0.4 is 0 Å². The summed E-state index contributed by atoms with van der Waals surface area (Å²) in [6.45, 7) is -0.0816. The van der Waals surface area contributed by atoms with Gasteiger partial charge in [0.1, 0.15) is 11.6 Å². The van der Waals surface area contributed by atoms with E-state index in [0.29, 0.717) is 20.5 Å². The fraction of sp³-hybridized carbons (Fsp3) is 0.190. The molecule has 0 saturated heterocycles. The molecule has 0 radical (unpaired) electrons. The fourth-order valence-corrected chi connectivity index (χ4v) is 4.26. The van der Waals surface area contributed by atoms with E-state index in [9.17, 15) is 18.0 Å². The second kappa shape index (κ2) is 10.5. The smallest absolute Gasteiger partial charge is 0.435 e. The number of ether oxygens (including phenoxy) is 1. The van der Waals surface area contributed by atoms with Crippen LogP contribution in [-0.4, -0.2) is 29.1 Å². The summed E-state index contributed by atoms with van der Waals surface area (Å²) in [6.07, 6.45) is -3.80. The molecule has 12 heteroatoms. The zero-order valence-corrected chi connectivity index (χ0v) is 19.5. The summed E-state index contributed by atoms with van der Waals surface area (Å²) in [4.78, 5) is 17.6. The van der Waals surface area contributed by atoms with Crippen molar-refractivity contribution < 1.29 is 27.5 Å². The van der Waals surface area contributed by atoms with E-state index in [2.05, 4.69) is 10.3 Å². The van der Waals surface area contributed by atoms with Gasteiger partial charge in [-0.05, 0) is 24.3 Å². The van der Waals surface area contributed by atoms with E-state index in [-0.39, 0.29) is 22.8 Å². The SMILES string of the molecule is COC(=O)c1ccccc1Sc1c(/C=N\OCc2ccc(Cl)cc2Cl)c(C(F)(F)F)nn1C. The van der Waals surface area contributed by atoms with Crippen LogP contribution in [0.2, 0.25) is 10.0 Å². The van der Waals surface area contributed by atoms with Gasteiger partial charge in [-0.2, -0.15) is 18.3 Å². The third-order valence-electron chi connectivity index (χ3n) is 4.29. The number of methoxy groups -OCH3 is 1. The number of esters is 1. The lowest BCUT2D eigenvalue weighted by Crippen LogP contribution is -2.09. The molecule has 33 heavy (non-hydrogen) atoms. The molecular weight excluding hydrogens is 502 g/mol. The third kappa shape index (κ3) is 6.01. The van der Waals surface area contributed by atoms with Crippen LogP contribution in [0.15, 0.2) is 57.5 Å². The van der Waals surface area contributed by atoms with E-state index in [1.165, 1.54) is 26.3 Å². The van der Waals surface area contributed by atoms with Crippen LogP contribution in [0.4, 0.5) is 13.2 Å². The second-order valence-corrected chi connectivity index (χ2v) is 8.40. The number of hydrogen-bond acceptors (Lipinski definition) is 6. The van der Waals surface area contributed by atoms with Crippen molar-refractivity contribution in [1.29, 1.82) is 0 Å². The Hall–Kier alpha value is -2.69. The molecule has 0 amide bonds. The van der Waals surface area contributed by atoms with Gasteiger partial charge in [-0.1, -0.05) is 58.3 Å². The summed E-state index contributed by atoms with van der Waals surface area (Å²) < 4.78 is 46.7. The number of nitrogens with zero attached hydrogens (tertiary/aromatic N) is 3. The van der Waals surface area contributed by atoms with Crippen LogP contribution in [0, 0.1) is 0 Å². The van der Waals surface area contributed by atoms with Crippen molar-refractivity contribution in [1.82, 2.24) is 9.78 Å². The third-order valence-corrected chi connectivity index (χ3v) is 6.13. The number of aromatic nitrogens is 2. The zero-order valence-electron chi connectivity index (χ0n) is 17.2. The number of rotatable bonds is 7. The molecule has 0 spiro atoms. The van der Waals surface area contributed by atoms with Crippen molar-refractivity contribution in [2.45, 2.75) is 22.7 Å². The van der Waals surface area contributed by atoms with Gasteiger partial charge >= 0.3 is 12.1 Å². The highest BCUT2D eigenvalue weighted by Crippen LogP contribution is 2.38. The molecule has 0 atom stereocenters. The number of alkyl halides is 3. The summed E-state index contributed by atoms with van der Waals surface area (Å²) in [7, 11) is 2.59. The van der Waals surface area contributed by atoms with Crippen LogP contribution in [0.3, 0.4) is 0 Å². The highest BCUT2D eigenvalue weighted by Gasteiger charge is 2.39. The lowest BCUT2D eigenvalue weighted by atomic mass is 10.2. The van der Waals surface area contributed by atoms with Gasteiger partial charge < -0.3 is 9.57 Å². The lowest BCUT2D eigenvalue weighted by Gasteiger charge is -2.09. The van der Waals surface area contributed by atoms with Crippen molar-refractivity contribution in [2.75, 3.05) is 7.11 Å². The standard InChI is InChI=1S/C21H16Cl2F3N3O3S/c1-29-19(33-17-6-4-3-5-14(17)20(30)31-2)15(18(28-29)21(24,25)26)10-27-32-11-12-7-8-13(22)9-16(12)23/h3-10H,11H2,1-2H3/b27-10-. The van der Waals surface area contributed by atoms with Gasteiger partial charge in [0.2, 0.25) is 0 Å². The summed E-state index contributed by atoms with van der Waals surface area (Å²) in [5, 5.41) is 8.18. The van der Waals surface area contributed by atoms with Gasteiger partial charge in [0.05, 0.1) is 24.5 Å². The minimum Gasteiger partial charge on any atom is -0.465 e. The molecule has 0 fully saturated rings. The normalized spacial score (nSPS) is 11.7. The predicted molar refractivity (Wildman–Crippen MR) is 119 cm³/mol. The molecule has 1 heterocycles. The summed E-state index contributed by atoms with van der Waals surface area (Å²) in [5.74, 6) is -0.616. The molecule has 0 unspecified atom stereocenters. The molecule has 2 aromatic carbocycles. The Bertz CT molecular complexity index is 1200. The summed E-state index contributed by atoms with van der Waals surface area (Å²) >= 11 is 12.8. The molecular formula is C21H16Cl2F3N3O3S. The van der Waals surface area contributed by atoms with Crippen molar-refractivity contribution in [3.05, 3.63) is 74.9 Å². The molecule has 3 aromatic rings. The first-order chi connectivity index (χ1) is 15.6. The van der Waals surface area contributed by atoms with E-state index < -0.39 is 17.8 Å². The Balaban J connectivity index is 1.92. The number of benzene rings is 2. The van der Waals surface area contributed by atoms with Crippen LogP contribution in [0.25, 0.3) is 0 Å². The maximum atomic E-state index is 13.6. The highest BCUT2D eigenvalue weighted by atomic mass is 35.5. The number of oxime groups is 1. The lowest BCUT2D eigenvalue weighted by molar-refractivity contribution is -0.141. The van der Waals surface area contributed by atoms with Gasteiger partial charge in [0.25, 0.3) is 0 Å². The van der Waals surface area contributed by atoms with Crippen LogP contribution >= 0.6 is 35.0 Å². The molecule has 0 saturated carbocycles. The van der Waals surface area contributed by atoms with Crippen molar-refractivity contribution in [3.63, 3.8) is 0 Å². The van der Waals surface area contributed by atoms with Gasteiger partial charge in [-0.15, -0.1) is 0 Å². The van der Waals surface area contributed by atoms with Crippen LogP contribution in [0.5, 0.6) is 0 Å². The van der Waals surface area contributed by atoms with E-state index in [4.69, 9.17) is 32.8 Å². The Kier molecular flexibility index (Phi) is 7.93. The molecule has 0 aliphatic rings. The van der Waals surface area contributed by atoms with Crippen molar-refractivity contribution >= 4 is 47.1 Å². The van der Waals surface area contributed by atoms with Gasteiger partial charge in [0.15, 0.2) is 5.69 Å². The Morgan fingerprint density at radius 2 is 1.97 bits per heavy atom. The monoisotopic (exact) mass is 517 g/mol. The Morgan fingerprint density at radius 3 is 2.64 bits per heavy atom. The Morgan fingerprint density at radius 1 is 1.24 bits per heavy atom. The van der Waals surface area contributed by atoms with Crippen molar-refractivity contribution in [2.24, 2.45) is 12.2 Å². The first-order valence-corrected chi connectivity index (χ1v) is 10.8. The topological polar surface area (TPSA) is 65.7 Å². The Labute approximate surface area is 201 Å². The van der Waals surface area contributed by atoms with Crippen molar-refractivity contribution in [3.8, 4) is 0 Å². The minimum absolute atomic E-state index is 0.0816. The molecule has 174 valence electrons. The molecule has 1 aromatic heterocycles. The van der Waals surface area contributed by atoms with E-state index in [1.54, 1.807) is 30.3 Å². The highest BCUT2D eigenvalue weighted by molar-refractivity contribution is 7.99. The summed E-state index contributed by atoms with van der Waals surface area (Å²) in [6, 6.07) is 11.1. The quantitative estimate of drug-likeness (QED) is 0.211. The zero-order chi connectivity index (χ0) is 24.2. The summed E-state index contributed by atoms with van der Waals surface area (Å²) in [5.41, 5.74) is -0.685. The molecule has 6 nitrogen and oxygen atoms in total. The predicted octanol–water partition coefficient (Wildman–Crippen LogP) is 6.23. The average molecular weight is 518 g/mol. The van der Waals surface area contributed by atoms with E-state index >= 15 is 0 Å². The average Bonchev–Trinajstić information content (AvgIpc) is 3.08. The first kappa shape index (κ1) is 24.9. The number of carbonyl (C=O) groups excluding carboxylic acids is 1. The fourth-order valence-electron chi connectivity index (χ4n) is 2.75. The first-order valence-electron chi connectivity index (χ1n) is 9.20. The minimum atomic E-state index is -4.74. The molecule has 3 rings (SSSR count). The maximum Gasteiger partial charge on any atom is 0.435 e. The number of hydrogen-bond donors (Lipinski definition) is 0. The van der Waals surface area contributed by atoms with E-state index in [1.807, 2.05) is 0 Å². The van der Waals surface area contributed by atoms with Crippen LogP contribution in [0.1, 0.15) is 27.2 Å². The maximum absolute atomic E-state index is 13.6. The van der Waals surface area contributed by atoms with Crippen LogP contribution in [-0.2, 0) is 29.4 Å². The van der Waals surface area contributed by atoms with E-state index in [0.717, 1.165) is 22.7 Å². The number of aryl methyl sites for hydroxylation is 1. The van der Waals surface area contributed by atoms with Gasteiger partial charge in [-0.3, -0.25) is 4.68 Å². The molecule has 0 aliphatic heterocycles. The molecule has 0 aliphatic carbocycles. The van der Waals surface area contributed by atoms with Gasteiger partial charge in [0, 0.05) is 27.6 Å². The number of halogens is 5. The largest absolute Gasteiger partial charge is 0.465 e. The number of carbonyl (C=O) groups is 1. The molecule has 0 N–H and O–H groups in total. The van der Waals surface area contributed by atoms with Gasteiger partial charge in [-0.25, -0.2) is 4.79 Å². The molecule has 0 bridgehead atoms.